The van der Waals surface area contributed by atoms with Crippen molar-refractivity contribution in [1.29, 1.82) is 5.41 Å². The SMILES string of the molecule is COc1ccc(CCn2cnc3ccc(/C(C=N)=C/N)cc3c2=O)cc1. The summed E-state index contributed by atoms with van der Waals surface area (Å²) in [5, 5.41) is 7.93. The molecule has 0 unspecified atom stereocenters. The van der Waals surface area contributed by atoms with Gasteiger partial charge in [-0.25, -0.2) is 4.98 Å². The Morgan fingerprint density at radius 2 is 2.04 bits per heavy atom. The molecule has 3 N–H and O–H groups in total. The Kier molecular flexibility index (Phi) is 5.12. The molecule has 6 heteroatoms. The first-order valence-electron chi connectivity index (χ1n) is 8.21. The van der Waals surface area contributed by atoms with Crippen molar-refractivity contribution in [2.45, 2.75) is 13.0 Å². The van der Waals surface area contributed by atoms with Gasteiger partial charge in [0.15, 0.2) is 0 Å². The zero-order chi connectivity index (χ0) is 18.5. The van der Waals surface area contributed by atoms with Crippen molar-refractivity contribution in [3.63, 3.8) is 0 Å². The highest BCUT2D eigenvalue weighted by Crippen LogP contribution is 2.16. The second kappa shape index (κ2) is 7.65. The minimum Gasteiger partial charge on any atom is -0.497 e. The molecular formula is C20H20N4O2. The summed E-state index contributed by atoms with van der Waals surface area (Å²) >= 11 is 0. The molecule has 0 bridgehead atoms. The summed E-state index contributed by atoms with van der Waals surface area (Å²) < 4.78 is 6.76. The predicted octanol–water partition coefficient (Wildman–Crippen LogP) is 2.60. The van der Waals surface area contributed by atoms with E-state index in [4.69, 9.17) is 15.9 Å². The van der Waals surface area contributed by atoms with Crippen LogP contribution in [0.2, 0.25) is 0 Å². The summed E-state index contributed by atoms with van der Waals surface area (Å²) in [7, 11) is 1.63. The number of aromatic nitrogens is 2. The van der Waals surface area contributed by atoms with Crippen LogP contribution in [-0.2, 0) is 13.0 Å². The minimum absolute atomic E-state index is 0.105. The van der Waals surface area contributed by atoms with Gasteiger partial charge in [0.25, 0.3) is 5.56 Å². The summed E-state index contributed by atoms with van der Waals surface area (Å²) in [6.07, 6.45) is 4.81. The van der Waals surface area contributed by atoms with E-state index < -0.39 is 0 Å². The number of hydrogen-bond donors (Lipinski definition) is 2. The van der Waals surface area contributed by atoms with E-state index in [9.17, 15) is 4.79 Å². The highest BCUT2D eigenvalue weighted by atomic mass is 16.5. The van der Waals surface area contributed by atoms with Gasteiger partial charge >= 0.3 is 0 Å². The lowest BCUT2D eigenvalue weighted by molar-refractivity contribution is 0.414. The molecule has 1 aromatic heterocycles. The number of rotatable bonds is 6. The molecule has 0 aliphatic carbocycles. The third kappa shape index (κ3) is 3.49. The van der Waals surface area contributed by atoms with Crippen LogP contribution in [-0.4, -0.2) is 22.9 Å². The van der Waals surface area contributed by atoms with Crippen molar-refractivity contribution in [1.82, 2.24) is 9.55 Å². The van der Waals surface area contributed by atoms with Crippen molar-refractivity contribution < 1.29 is 4.74 Å². The maximum absolute atomic E-state index is 12.8. The smallest absolute Gasteiger partial charge is 0.261 e. The first kappa shape index (κ1) is 17.4. The number of nitrogens with zero attached hydrogens (tertiary/aromatic N) is 2. The van der Waals surface area contributed by atoms with E-state index in [0.717, 1.165) is 16.9 Å². The fourth-order valence-corrected chi connectivity index (χ4v) is 2.77. The monoisotopic (exact) mass is 348 g/mol. The maximum atomic E-state index is 12.8. The molecule has 0 spiro atoms. The standard InChI is InChI=1S/C20H20N4O2/c1-26-17-5-2-14(3-6-17)8-9-24-13-23-19-7-4-15(16(11-21)12-22)10-18(19)20(24)25/h2-7,10-13,21H,8-9,22H2,1H3/b16-12+,21-11?. The van der Waals surface area contributed by atoms with Gasteiger partial charge in [-0.2, -0.15) is 0 Å². The van der Waals surface area contributed by atoms with Crippen molar-refractivity contribution in [2.75, 3.05) is 7.11 Å². The molecule has 132 valence electrons. The second-order valence-electron chi connectivity index (χ2n) is 5.84. The molecule has 0 fully saturated rings. The molecule has 0 saturated carbocycles. The highest BCUT2D eigenvalue weighted by Gasteiger charge is 2.07. The van der Waals surface area contributed by atoms with E-state index in [1.54, 1.807) is 36.2 Å². The van der Waals surface area contributed by atoms with Gasteiger partial charge in [-0.15, -0.1) is 0 Å². The molecule has 0 atom stereocenters. The number of benzene rings is 2. The molecular weight excluding hydrogens is 328 g/mol. The van der Waals surface area contributed by atoms with E-state index in [2.05, 4.69) is 4.98 Å². The predicted molar refractivity (Wildman–Crippen MR) is 104 cm³/mol. The van der Waals surface area contributed by atoms with Gasteiger partial charge in [0.1, 0.15) is 5.75 Å². The van der Waals surface area contributed by atoms with Crippen molar-refractivity contribution in [3.05, 3.63) is 76.5 Å². The van der Waals surface area contributed by atoms with Crippen LogP contribution in [0.3, 0.4) is 0 Å². The molecule has 3 aromatic rings. The number of aryl methyl sites for hydroxylation is 2. The zero-order valence-corrected chi connectivity index (χ0v) is 14.5. The quantitative estimate of drug-likeness (QED) is 0.670. The van der Waals surface area contributed by atoms with Crippen LogP contribution in [0.1, 0.15) is 11.1 Å². The van der Waals surface area contributed by atoms with Crippen molar-refractivity contribution >= 4 is 22.7 Å². The van der Waals surface area contributed by atoms with E-state index in [-0.39, 0.29) is 5.56 Å². The summed E-state index contributed by atoms with van der Waals surface area (Å²) in [5.74, 6) is 0.806. The number of allylic oxidation sites excluding steroid dienone is 1. The molecule has 6 nitrogen and oxygen atoms in total. The number of fused-ring (bicyclic) bond motifs is 1. The summed E-state index contributed by atoms with van der Waals surface area (Å²) in [4.78, 5) is 17.2. The first-order valence-corrected chi connectivity index (χ1v) is 8.21. The summed E-state index contributed by atoms with van der Waals surface area (Å²) in [5.41, 5.74) is 8.45. The number of nitrogens with one attached hydrogen (secondary N) is 1. The normalized spacial score (nSPS) is 11.5. The average Bonchev–Trinajstić information content (AvgIpc) is 2.69. The van der Waals surface area contributed by atoms with Gasteiger partial charge in [-0.3, -0.25) is 9.36 Å². The Bertz CT molecular complexity index is 1020. The van der Waals surface area contributed by atoms with E-state index in [1.807, 2.05) is 24.3 Å². The highest BCUT2D eigenvalue weighted by molar-refractivity contribution is 6.09. The average molecular weight is 348 g/mol. The lowest BCUT2D eigenvalue weighted by atomic mass is 10.1. The van der Waals surface area contributed by atoms with Gasteiger partial charge < -0.3 is 15.9 Å². The lowest BCUT2D eigenvalue weighted by Crippen LogP contribution is -2.21. The van der Waals surface area contributed by atoms with Gasteiger partial charge in [-0.05, 0) is 41.8 Å². The third-order valence-corrected chi connectivity index (χ3v) is 4.29. The molecule has 0 radical (unpaired) electrons. The fourth-order valence-electron chi connectivity index (χ4n) is 2.77. The van der Waals surface area contributed by atoms with E-state index in [1.165, 1.54) is 12.4 Å². The Balaban J connectivity index is 1.89. The van der Waals surface area contributed by atoms with Crippen LogP contribution in [0.25, 0.3) is 16.5 Å². The molecule has 0 aliphatic heterocycles. The molecule has 1 heterocycles. The lowest BCUT2D eigenvalue weighted by Gasteiger charge is -2.08. The van der Waals surface area contributed by atoms with Crippen LogP contribution in [0.15, 0.2) is 59.8 Å². The van der Waals surface area contributed by atoms with Crippen LogP contribution in [0.5, 0.6) is 5.75 Å². The molecule has 26 heavy (non-hydrogen) atoms. The largest absolute Gasteiger partial charge is 0.497 e. The number of methoxy groups -OCH3 is 1. The molecule has 2 aromatic carbocycles. The van der Waals surface area contributed by atoms with Gasteiger partial charge in [0, 0.05) is 24.5 Å². The Hall–Kier alpha value is -3.41. The fraction of sp³-hybridized carbons (Fsp3) is 0.150. The maximum Gasteiger partial charge on any atom is 0.261 e. The summed E-state index contributed by atoms with van der Waals surface area (Å²) in [6, 6.07) is 13.1. The van der Waals surface area contributed by atoms with Crippen LogP contribution >= 0.6 is 0 Å². The third-order valence-electron chi connectivity index (χ3n) is 4.29. The van der Waals surface area contributed by atoms with Gasteiger partial charge in [-0.1, -0.05) is 18.2 Å². The first-order chi connectivity index (χ1) is 12.7. The second-order valence-corrected chi connectivity index (χ2v) is 5.84. The van der Waals surface area contributed by atoms with Crippen molar-refractivity contribution in [2.24, 2.45) is 5.73 Å². The Labute approximate surface area is 151 Å². The molecule has 0 aliphatic rings. The van der Waals surface area contributed by atoms with E-state index in [0.29, 0.717) is 29.4 Å². The number of hydrogen-bond acceptors (Lipinski definition) is 5. The molecule has 0 amide bonds. The van der Waals surface area contributed by atoms with Crippen LogP contribution in [0.4, 0.5) is 0 Å². The van der Waals surface area contributed by atoms with Gasteiger partial charge in [0.2, 0.25) is 0 Å². The van der Waals surface area contributed by atoms with E-state index >= 15 is 0 Å². The zero-order valence-electron chi connectivity index (χ0n) is 14.5. The Morgan fingerprint density at radius 3 is 2.69 bits per heavy atom. The van der Waals surface area contributed by atoms with Crippen molar-refractivity contribution in [3.8, 4) is 5.75 Å². The number of nitrogens with two attached hydrogens (primary N) is 1. The topological polar surface area (TPSA) is 94.0 Å². The summed E-state index contributed by atoms with van der Waals surface area (Å²) in [6.45, 7) is 0.530. The minimum atomic E-state index is -0.105. The molecule has 0 saturated heterocycles. The van der Waals surface area contributed by atoms with Gasteiger partial charge in [0.05, 0.1) is 24.3 Å². The number of ether oxygens (including phenoxy) is 1. The van der Waals surface area contributed by atoms with Crippen LogP contribution in [0, 0.1) is 5.41 Å². The molecule has 3 rings (SSSR count). The van der Waals surface area contributed by atoms with Crippen LogP contribution < -0.4 is 16.0 Å². The Morgan fingerprint density at radius 1 is 1.27 bits per heavy atom.